The fourth-order valence-corrected chi connectivity index (χ4v) is 2.20. The molecule has 0 bridgehead atoms. The van der Waals surface area contributed by atoms with Gasteiger partial charge in [0.25, 0.3) is 0 Å². The molecule has 2 unspecified atom stereocenters. The largest absolute Gasteiger partial charge is 0.469 e. The zero-order valence-electron chi connectivity index (χ0n) is 12.0. The van der Waals surface area contributed by atoms with E-state index in [9.17, 15) is 9.59 Å². The van der Waals surface area contributed by atoms with Gasteiger partial charge in [-0.3, -0.25) is 14.5 Å². The number of esters is 1. The number of hydrogen-bond acceptors (Lipinski definition) is 5. The highest BCUT2D eigenvalue weighted by molar-refractivity contribution is 5.81. The van der Waals surface area contributed by atoms with Gasteiger partial charge in [-0.25, -0.2) is 0 Å². The lowest BCUT2D eigenvalue weighted by molar-refractivity contribution is -0.141. The van der Waals surface area contributed by atoms with Crippen LogP contribution in [0.2, 0.25) is 0 Å². The number of likely N-dealkylation sites (N-methyl/N-ethyl adjacent to an activating group) is 1. The summed E-state index contributed by atoms with van der Waals surface area (Å²) in [5.41, 5.74) is 0. The van der Waals surface area contributed by atoms with E-state index in [-0.39, 0.29) is 30.4 Å². The van der Waals surface area contributed by atoms with Crippen molar-refractivity contribution in [3.63, 3.8) is 0 Å². The third-order valence-corrected chi connectivity index (χ3v) is 3.47. The second kappa shape index (κ2) is 8.12. The van der Waals surface area contributed by atoms with E-state index in [1.807, 2.05) is 11.8 Å². The van der Waals surface area contributed by atoms with Crippen molar-refractivity contribution in [2.24, 2.45) is 0 Å². The lowest BCUT2D eigenvalue weighted by Gasteiger charge is -2.29. The Morgan fingerprint density at radius 3 is 2.79 bits per heavy atom. The Kier molecular flexibility index (Phi) is 6.80. The minimum atomic E-state index is -0.279. The summed E-state index contributed by atoms with van der Waals surface area (Å²) in [5.74, 6) is -0.315. The van der Waals surface area contributed by atoms with Crippen LogP contribution in [0, 0.1) is 0 Å². The number of rotatable bonds is 7. The van der Waals surface area contributed by atoms with Crippen LogP contribution in [-0.2, 0) is 19.1 Å². The summed E-state index contributed by atoms with van der Waals surface area (Å²) in [6.07, 6.45) is 2.51. The number of methoxy groups -OCH3 is 1. The third-order valence-electron chi connectivity index (χ3n) is 3.47. The molecule has 0 saturated carbocycles. The predicted molar refractivity (Wildman–Crippen MR) is 70.7 cm³/mol. The molecule has 0 aromatic rings. The molecule has 2 atom stereocenters. The van der Waals surface area contributed by atoms with E-state index < -0.39 is 0 Å². The van der Waals surface area contributed by atoms with E-state index in [2.05, 4.69) is 10.1 Å². The summed E-state index contributed by atoms with van der Waals surface area (Å²) < 4.78 is 10.2. The first-order valence-corrected chi connectivity index (χ1v) is 6.72. The third kappa shape index (κ3) is 5.16. The average molecular weight is 272 g/mol. The van der Waals surface area contributed by atoms with Crippen molar-refractivity contribution in [3.8, 4) is 0 Å². The Morgan fingerprint density at radius 2 is 2.26 bits per heavy atom. The highest BCUT2D eigenvalue weighted by Gasteiger charge is 2.26. The zero-order valence-corrected chi connectivity index (χ0v) is 12.0. The molecule has 0 aromatic carbocycles. The van der Waals surface area contributed by atoms with E-state index in [0.29, 0.717) is 13.1 Å². The van der Waals surface area contributed by atoms with Gasteiger partial charge in [0.1, 0.15) is 0 Å². The van der Waals surface area contributed by atoms with Crippen LogP contribution in [0.3, 0.4) is 0 Å². The molecular weight excluding hydrogens is 248 g/mol. The first-order chi connectivity index (χ1) is 9.08. The topological polar surface area (TPSA) is 67.9 Å². The molecule has 19 heavy (non-hydrogen) atoms. The van der Waals surface area contributed by atoms with Crippen LogP contribution >= 0.6 is 0 Å². The van der Waals surface area contributed by atoms with Crippen molar-refractivity contribution < 1.29 is 19.1 Å². The van der Waals surface area contributed by atoms with Crippen molar-refractivity contribution in [1.82, 2.24) is 10.2 Å². The van der Waals surface area contributed by atoms with Gasteiger partial charge in [-0.15, -0.1) is 0 Å². The molecule has 0 spiro atoms. The molecule has 1 aliphatic heterocycles. The Labute approximate surface area is 114 Å². The van der Waals surface area contributed by atoms with Crippen LogP contribution in [0.15, 0.2) is 0 Å². The van der Waals surface area contributed by atoms with Gasteiger partial charge in [0.15, 0.2) is 0 Å². The van der Waals surface area contributed by atoms with E-state index >= 15 is 0 Å². The number of carbonyl (C=O) groups is 2. The van der Waals surface area contributed by atoms with Crippen molar-refractivity contribution >= 4 is 11.9 Å². The van der Waals surface area contributed by atoms with Crippen LogP contribution in [0.4, 0.5) is 0 Å². The predicted octanol–water partition coefficient (Wildman–Crippen LogP) is 0.165. The first kappa shape index (κ1) is 15.9. The van der Waals surface area contributed by atoms with Crippen molar-refractivity contribution in [2.75, 3.05) is 33.9 Å². The second-order valence-corrected chi connectivity index (χ2v) is 4.75. The number of amides is 1. The molecule has 6 heteroatoms. The lowest BCUT2D eigenvalue weighted by atomic mass is 10.1. The Hall–Kier alpha value is -1.14. The van der Waals surface area contributed by atoms with E-state index in [0.717, 1.165) is 19.4 Å². The van der Waals surface area contributed by atoms with Gasteiger partial charge in [0.2, 0.25) is 5.91 Å². The maximum absolute atomic E-state index is 11.7. The van der Waals surface area contributed by atoms with Crippen molar-refractivity contribution in [3.05, 3.63) is 0 Å². The maximum Gasteiger partial charge on any atom is 0.306 e. The van der Waals surface area contributed by atoms with Crippen LogP contribution < -0.4 is 5.32 Å². The molecule has 1 amide bonds. The number of carbonyl (C=O) groups excluding carboxylic acids is 2. The highest BCUT2D eigenvalue weighted by atomic mass is 16.5. The van der Waals surface area contributed by atoms with Crippen LogP contribution in [0.5, 0.6) is 0 Å². The summed E-state index contributed by atoms with van der Waals surface area (Å²) in [7, 11) is 2.98. The zero-order chi connectivity index (χ0) is 14.3. The van der Waals surface area contributed by atoms with Gasteiger partial charge in [0, 0.05) is 26.7 Å². The van der Waals surface area contributed by atoms with Crippen LogP contribution in [0.1, 0.15) is 26.2 Å². The molecular formula is C13H24N2O4. The monoisotopic (exact) mass is 272 g/mol. The number of nitrogens with one attached hydrogen (secondary N) is 1. The van der Waals surface area contributed by atoms with Crippen molar-refractivity contribution in [1.29, 1.82) is 0 Å². The molecule has 110 valence electrons. The minimum absolute atomic E-state index is 0.0529. The van der Waals surface area contributed by atoms with Crippen molar-refractivity contribution in [2.45, 2.75) is 38.3 Å². The molecule has 6 nitrogen and oxygen atoms in total. The van der Waals surface area contributed by atoms with Gasteiger partial charge in [0.05, 0.1) is 25.7 Å². The molecule has 1 heterocycles. The Morgan fingerprint density at radius 1 is 1.53 bits per heavy atom. The molecule has 0 aromatic heterocycles. The quantitative estimate of drug-likeness (QED) is 0.669. The van der Waals surface area contributed by atoms with E-state index in [1.54, 1.807) is 7.05 Å². The van der Waals surface area contributed by atoms with Crippen LogP contribution in [0.25, 0.3) is 0 Å². The Balaban J connectivity index is 2.54. The van der Waals surface area contributed by atoms with Gasteiger partial charge in [-0.2, -0.15) is 0 Å². The normalized spacial score (nSPS) is 20.3. The SMILES string of the molecule is CNC(=O)C(C)N(CCC(=O)OC)CC1CCCO1. The van der Waals surface area contributed by atoms with Gasteiger partial charge in [-0.1, -0.05) is 0 Å². The highest BCUT2D eigenvalue weighted by Crippen LogP contribution is 2.15. The summed E-state index contributed by atoms with van der Waals surface area (Å²) in [6, 6.07) is -0.279. The standard InChI is InChI=1S/C13H24N2O4/c1-10(13(17)14-2)15(7-6-12(16)18-3)9-11-5-4-8-19-11/h10-11H,4-9H2,1-3H3,(H,14,17). The van der Waals surface area contributed by atoms with E-state index in [1.165, 1.54) is 7.11 Å². The molecule has 1 fully saturated rings. The fourth-order valence-electron chi connectivity index (χ4n) is 2.20. The lowest BCUT2D eigenvalue weighted by Crippen LogP contribution is -2.47. The van der Waals surface area contributed by atoms with Gasteiger partial charge >= 0.3 is 5.97 Å². The summed E-state index contributed by atoms with van der Waals surface area (Å²) in [4.78, 5) is 24.9. The number of ether oxygens (including phenoxy) is 2. The maximum atomic E-state index is 11.7. The number of nitrogens with zero attached hydrogens (tertiary/aromatic N) is 1. The smallest absolute Gasteiger partial charge is 0.306 e. The first-order valence-electron chi connectivity index (χ1n) is 6.72. The molecule has 1 saturated heterocycles. The van der Waals surface area contributed by atoms with Crippen LogP contribution in [-0.4, -0.2) is 62.8 Å². The second-order valence-electron chi connectivity index (χ2n) is 4.75. The summed E-state index contributed by atoms with van der Waals surface area (Å²) >= 11 is 0. The van der Waals surface area contributed by atoms with Gasteiger partial charge in [-0.05, 0) is 19.8 Å². The Bertz CT molecular complexity index is 303. The molecule has 1 rings (SSSR count). The number of hydrogen-bond donors (Lipinski definition) is 1. The van der Waals surface area contributed by atoms with Gasteiger partial charge < -0.3 is 14.8 Å². The molecule has 1 aliphatic rings. The summed E-state index contributed by atoms with van der Waals surface area (Å²) in [6.45, 7) is 3.79. The molecule has 0 radical (unpaired) electrons. The summed E-state index contributed by atoms with van der Waals surface area (Å²) in [5, 5.41) is 2.63. The fraction of sp³-hybridized carbons (Fsp3) is 0.846. The average Bonchev–Trinajstić information content (AvgIpc) is 2.94. The molecule has 1 N–H and O–H groups in total. The minimum Gasteiger partial charge on any atom is -0.469 e. The van der Waals surface area contributed by atoms with E-state index in [4.69, 9.17) is 4.74 Å². The molecule has 0 aliphatic carbocycles.